The van der Waals surface area contributed by atoms with Gasteiger partial charge in [0, 0.05) is 0 Å². The van der Waals surface area contributed by atoms with Crippen molar-refractivity contribution in [3.63, 3.8) is 0 Å². The molecule has 0 bridgehead atoms. The molecule has 60 heavy (non-hydrogen) atoms. The van der Waals surface area contributed by atoms with Crippen molar-refractivity contribution in [3.8, 4) is 0 Å². The van der Waals surface area contributed by atoms with E-state index in [1.54, 1.807) is 0 Å². The number of hydrogen-bond acceptors (Lipinski definition) is 0. The van der Waals surface area contributed by atoms with Gasteiger partial charge < -0.3 is 0 Å². The molecule has 0 radical (unpaired) electrons. The summed E-state index contributed by atoms with van der Waals surface area (Å²) in [7, 11) is -4.87. The fourth-order valence-electron chi connectivity index (χ4n) is 9.33. The number of benzene rings is 10. The van der Waals surface area contributed by atoms with Crippen molar-refractivity contribution in [1.82, 2.24) is 0 Å². The van der Waals surface area contributed by atoms with Crippen LogP contribution in [0.1, 0.15) is 11.1 Å². The molecular weight excluding hydrogens is 753 g/mol. The van der Waals surface area contributed by atoms with Crippen LogP contribution in [-0.4, -0.2) is 16.1 Å². The highest BCUT2D eigenvalue weighted by molar-refractivity contribution is 7.20. The van der Waals surface area contributed by atoms with Crippen LogP contribution in [0.15, 0.2) is 255 Å². The predicted molar refractivity (Wildman–Crippen MR) is 265 cm³/mol. The van der Waals surface area contributed by atoms with Gasteiger partial charge >= 0.3 is 0 Å². The molecule has 0 aliphatic heterocycles. The van der Waals surface area contributed by atoms with E-state index in [0.29, 0.717) is 0 Å². The first-order chi connectivity index (χ1) is 29.6. The lowest BCUT2D eigenvalue weighted by Gasteiger charge is -2.34. The van der Waals surface area contributed by atoms with Crippen LogP contribution in [0.5, 0.6) is 0 Å². The molecular formula is C58H48Si2. The highest BCUT2D eigenvalue weighted by atomic mass is 28.3. The summed E-state index contributed by atoms with van der Waals surface area (Å²) < 4.78 is 0. The van der Waals surface area contributed by atoms with Gasteiger partial charge in [-0.25, -0.2) is 0 Å². The average Bonchev–Trinajstić information content (AvgIpc) is 3.32. The summed E-state index contributed by atoms with van der Waals surface area (Å²) in [5, 5.41) is 16.5. The third kappa shape index (κ3) is 7.26. The summed E-state index contributed by atoms with van der Waals surface area (Å²) in [5.41, 5.74) is 2.60. The monoisotopic (exact) mass is 800 g/mol. The Kier molecular flexibility index (Phi) is 11.1. The van der Waals surface area contributed by atoms with Crippen LogP contribution < -0.4 is 41.5 Å². The van der Waals surface area contributed by atoms with Crippen molar-refractivity contribution in [2.24, 2.45) is 0 Å². The molecule has 0 aliphatic carbocycles. The third-order valence-electron chi connectivity index (χ3n) is 12.1. The summed E-state index contributed by atoms with van der Waals surface area (Å²) in [5.74, 6) is 0. The molecule has 0 atom stereocenters. The number of rotatable bonds is 8. The Morgan fingerprint density at radius 2 is 0.450 bits per heavy atom. The van der Waals surface area contributed by atoms with Gasteiger partial charge in [-0.15, -0.1) is 0 Å². The van der Waals surface area contributed by atoms with E-state index in [1.807, 2.05) is 0 Å². The van der Waals surface area contributed by atoms with E-state index < -0.39 is 16.1 Å². The first-order valence-electron chi connectivity index (χ1n) is 20.9. The quantitative estimate of drug-likeness (QED) is 0.106. The Morgan fingerprint density at radius 1 is 0.200 bits per heavy atom. The van der Waals surface area contributed by atoms with Crippen molar-refractivity contribution in [2.45, 2.75) is 13.8 Å². The molecule has 0 nitrogen and oxygen atoms in total. The lowest BCUT2D eigenvalue weighted by Crippen LogP contribution is -2.74. The normalized spacial score (nSPS) is 11.5. The maximum atomic E-state index is 2.43. The lowest BCUT2D eigenvalue weighted by molar-refractivity contribution is 1.51. The second kappa shape index (κ2) is 17.2. The second-order valence-electron chi connectivity index (χ2n) is 15.8. The zero-order valence-electron chi connectivity index (χ0n) is 34.2. The van der Waals surface area contributed by atoms with E-state index >= 15 is 0 Å². The standard InChI is InChI=1S/2C29H24Si/c1-23-17-18-25-22-29(20-19-24(25)21-23)30(26-11-5-2-6-12-26,27-13-7-3-8-14-27)28-15-9-4-10-16-28;1-23-17-18-24-19-20-29(22-25(24)21-23)30(26-11-5-2-6-12-26,27-13-7-3-8-14-27)28-15-9-4-10-16-28/h2*2-22H,1H3. The molecule has 288 valence electrons. The molecule has 0 saturated heterocycles. The maximum Gasteiger partial charge on any atom is 0.179 e. The Morgan fingerprint density at radius 3 is 0.800 bits per heavy atom. The van der Waals surface area contributed by atoms with E-state index in [9.17, 15) is 0 Å². The molecule has 0 aromatic heterocycles. The maximum absolute atomic E-state index is 2.43. The molecule has 0 fully saturated rings. The zero-order chi connectivity index (χ0) is 40.8. The fraction of sp³-hybridized carbons (Fsp3) is 0.0345. The smallest absolute Gasteiger partial charge is 0.0623 e. The van der Waals surface area contributed by atoms with Crippen molar-refractivity contribution >= 4 is 79.2 Å². The second-order valence-corrected chi connectivity index (χ2v) is 23.4. The molecule has 10 aromatic carbocycles. The Labute approximate surface area is 357 Å². The molecule has 0 amide bonds. The fourth-order valence-corrected chi connectivity index (χ4v) is 18.9. The van der Waals surface area contributed by atoms with Crippen LogP contribution in [0, 0.1) is 13.8 Å². The molecule has 0 N–H and O–H groups in total. The number of aryl methyl sites for hydroxylation is 2. The SMILES string of the molecule is Cc1ccc2cc([Si](c3ccccc3)(c3ccccc3)c3ccccc3)ccc2c1.Cc1ccc2ccc([Si](c3ccccc3)(c3ccccc3)c3ccccc3)cc2c1. The van der Waals surface area contributed by atoms with E-state index in [0.717, 1.165) is 0 Å². The van der Waals surface area contributed by atoms with Gasteiger partial charge in [0.2, 0.25) is 0 Å². The van der Waals surface area contributed by atoms with Crippen molar-refractivity contribution in [3.05, 3.63) is 266 Å². The van der Waals surface area contributed by atoms with Gasteiger partial charge in [0.15, 0.2) is 16.1 Å². The van der Waals surface area contributed by atoms with Crippen LogP contribution in [-0.2, 0) is 0 Å². The van der Waals surface area contributed by atoms with Gasteiger partial charge in [0.25, 0.3) is 0 Å². The summed E-state index contributed by atoms with van der Waals surface area (Å²) >= 11 is 0. The molecule has 10 aromatic rings. The van der Waals surface area contributed by atoms with Gasteiger partial charge in [-0.2, -0.15) is 0 Å². The molecule has 10 rings (SSSR count). The van der Waals surface area contributed by atoms with Crippen molar-refractivity contribution in [1.29, 1.82) is 0 Å². The number of hydrogen-bond donors (Lipinski definition) is 0. The molecule has 0 unspecified atom stereocenters. The Bertz CT molecular complexity index is 2770. The molecule has 0 aliphatic rings. The minimum atomic E-state index is -2.43. The lowest BCUT2D eigenvalue weighted by atomic mass is 10.1. The molecule has 0 spiro atoms. The van der Waals surface area contributed by atoms with Gasteiger partial charge in [0.1, 0.15) is 0 Å². The zero-order valence-corrected chi connectivity index (χ0v) is 36.2. The summed E-state index contributed by atoms with van der Waals surface area (Å²) in [6, 6.07) is 94.1. The highest BCUT2D eigenvalue weighted by Crippen LogP contribution is 2.19. The first kappa shape index (κ1) is 38.7. The van der Waals surface area contributed by atoms with E-state index in [-0.39, 0.29) is 0 Å². The number of fused-ring (bicyclic) bond motifs is 2. The van der Waals surface area contributed by atoms with Crippen molar-refractivity contribution in [2.75, 3.05) is 0 Å². The Hall–Kier alpha value is -6.85. The molecule has 0 heterocycles. The highest BCUT2D eigenvalue weighted by Gasteiger charge is 2.42. The van der Waals surface area contributed by atoms with E-state index in [2.05, 4.69) is 269 Å². The van der Waals surface area contributed by atoms with E-state index in [4.69, 9.17) is 0 Å². The topological polar surface area (TPSA) is 0 Å². The summed E-state index contributed by atoms with van der Waals surface area (Å²) in [6.07, 6.45) is 0. The average molecular weight is 801 g/mol. The van der Waals surface area contributed by atoms with Crippen LogP contribution in [0.3, 0.4) is 0 Å². The van der Waals surface area contributed by atoms with Gasteiger partial charge in [-0.1, -0.05) is 266 Å². The van der Waals surface area contributed by atoms with Crippen LogP contribution >= 0.6 is 0 Å². The van der Waals surface area contributed by atoms with Crippen molar-refractivity contribution < 1.29 is 0 Å². The summed E-state index contributed by atoms with van der Waals surface area (Å²) in [4.78, 5) is 0. The van der Waals surface area contributed by atoms with Gasteiger partial charge in [-0.3, -0.25) is 0 Å². The van der Waals surface area contributed by atoms with Gasteiger partial charge in [0.05, 0.1) is 0 Å². The van der Waals surface area contributed by atoms with E-state index in [1.165, 1.54) is 74.2 Å². The third-order valence-corrected chi connectivity index (χ3v) is 21.6. The van der Waals surface area contributed by atoms with Crippen LogP contribution in [0.2, 0.25) is 0 Å². The minimum Gasteiger partial charge on any atom is -0.0623 e. The largest absolute Gasteiger partial charge is 0.179 e. The predicted octanol–water partition coefficient (Wildman–Crippen LogP) is 9.05. The van der Waals surface area contributed by atoms with Crippen LogP contribution in [0.25, 0.3) is 21.5 Å². The molecule has 0 saturated carbocycles. The van der Waals surface area contributed by atoms with Crippen LogP contribution in [0.4, 0.5) is 0 Å². The molecule has 2 heteroatoms. The van der Waals surface area contributed by atoms with Gasteiger partial charge in [-0.05, 0) is 76.9 Å². The Balaban J connectivity index is 0.000000154. The first-order valence-corrected chi connectivity index (χ1v) is 24.9. The minimum absolute atomic E-state index is 1.29. The summed E-state index contributed by atoms with van der Waals surface area (Å²) in [6.45, 7) is 4.33.